The Morgan fingerprint density at radius 1 is 0.944 bits per heavy atom. The second-order valence-electron chi connectivity index (χ2n) is 8.48. The maximum Gasteiger partial charge on any atom is 0.317 e. The number of halogens is 1. The second-order valence-corrected chi connectivity index (χ2v) is 8.48. The van der Waals surface area contributed by atoms with E-state index in [-0.39, 0.29) is 24.2 Å². The van der Waals surface area contributed by atoms with Crippen LogP contribution in [0, 0.1) is 12.7 Å². The Hall–Kier alpha value is -3.87. The predicted molar refractivity (Wildman–Crippen MR) is 138 cm³/mol. The van der Waals surface area contributed by atoms with Gasteiger partial charge in [-0.15, -0.1) is 0 Å². The molecule has 2 amide bonds. The van der Waals surface area contributed by atoms with Crippen molar-refractivity contribution in [2.45, 2.75) is 40.3 Å². The van der Waals surface area contributed by atoms with Crippen molar-refractivity contribution in [2.75, 3.05) is 20.3 Å². The molecule has 0 radical (unpaired) electrons. The lowest BCUT2D eigenvalue weighted by Gasteiger charge is -2.24. The van der Waals surface area contributed by atoms with Crippen LogP contribution in [-0.2, 0) is 29.0 Å². The molecule has 0 aliphatic rings. The van der Waals surface area contributed by atoms with Crippen LogP contribution < -0.4 is 10.1 Å². The van der Waals surface area contributed by atoms with Gasteiger partial charge in [0.05, 0.1) is 20.1 Å². The zero-order valence-corrected chi connectivity index (χ0v) is 21.3. The quantitative estimate of drug-likeness (QED) is 0.372. The molecule has 0 aliphatic heterocycles. The second kappa shape index (κ2) is 12.7. The van der Waals surface area contributed by atoms with Crippen LogP contribution in [0.4, 0.5) is 9.18 Å². The first-order valence-corrected chi connectivity index (χ1v) is 12.0. The number of hydrogen-bond acceptors (Lipinski definition) is 4. The first-order chi connectivity index (χ1) is 17.3. The summed E-state index contributed by atoms with van der Waals surface area (Å²) in [6, 6.07) is 17.6. The van der Waals surface area contributed by atoms with Gasteiger partial charge in [-0.1, -0.05) is 42.0 Å². The van der Waals surface area contributed by atoms with Crippen molar-refractivity contribution in [1.29, 1.82) is 0 Å². The zero-order valence-electron chi connectivity index (χ0n) is 21.3. The Kier molecular flexibility index (Phi) is 9.45. The molecule has 3 aromatic carbocycles. The monoisotopic (exact) mass is 492 g/mol. The van der Waals surface area contributed by atoms with Crippen LogP contribution in [0.5, 0.6) is 5.75 Å². The molecule has 190 valence electrons. The Balaban J connectivity index is 1.86. The van der Waals surface area contributed by atoms with E-state index in [0.717, 1.165) is 33.4 Å². The number of nitrogens with zero attached hydrogens (tertiary/aromatic N) is 1. The van der Waals surface area contributed by atoms with Gasteiger partial charge in [0, 0.05) is 25.2 Å². The van der Waals surface area contributed by atoms with Crippen molar-refractivity contribution >= 4 is 12.0 Å². The van der Waals surface area contributed by atoms with Crippen LogP contribution in [-0.4, -0.2) is 37.2 Å². The number of urea groups is 1. The van der Waals surface area contributed by atoms with Crippen molar-refractivity contribution in [3.63, 3.8) is 0 Å². The first kappa shape index (κ1) is 26.7. The summed E-state index contributed by atoms with van der Waals surface area (Å²) in [4.78, 5) is 26.7. The molecule has 7 heteroatoms. The van der Waals surface area contributed by atoms with Crippen molar-refractivity contribution in [3.05, 3.63) is 88.7 Å². The summed E-state index contributed by atoms with van der Waals surface area (Å²) in [5.41, 5.74) is 5.43. The molecule has 0 saturated carbocycles. The number of hydrogen-bond donors (Lipinski definition) is 1. The molecule has 3 rings (SSSR count). The lowest BCUT2D eigenvalue weighted by molar-refractivity contribution is -0.142. The summed E-state index contributed by atoms with van der Waals surface area (Å²) in [6.07, 6.45) is 0.166. The molecule has 0 heterocycles. The standard InChI is InChI=1S/C29H33FN2O4/c1-5-32(29(34)31-18-21-8-11-24(30)12-9-21)19-23-15-20(3)7-13-25(23)26-16-22(10-14-27(26)35-4)17-28(33)36-6-2/h7-16H,5-6,17-19H2,1-4H3,(H,31,34). The van der Waals surface area contributed by atoms with Gasteiger partial charge < -0.3 is 19.7 Å². The van der Waals surface area contributed by atoms with E-state index in [1.54, 1.807) is 31.1 Å². The average Bonchev–Trinajstić information content (AvgIpc) is 2.87. The Labute approximate surface area is 212 Å². The lowest BCUT2D eigenvalue weighted by Crippen LogP contribution is -2.39. The molecule has 0 bridgehead atoms. The minimum absolute atomic E-state index is 0.166. The van der Waals surface area contributed by atoms with Gasteiger partial charge in [-0.05, 0) is 67.3 Å². The Morgan fingerprint density at radius 3 is 2.33 bits per heavy atom. The number of carbonyl (C=O) groups excluding carboxylic acids is 2. The minimum Gasteiger partial charge on any atom is -0.496 e. The summed E-state index contributed by atoms with van der Waals surface area (Å²) in [6.45, 7) is 7.24. The smallest absolute Gasteiger partial charge is 0.317 e. The van der Waals surface area contributed by atoms with E-state index in [4.69, 9.17) is 9.47 Å². The highest BCUT2D eigenvalue weighted by atomic mass is 19.1. The molecular weight excluding hydrogens is 459 g/mol. The van der Waals surface area contributed by atoms with Crippen LogP contribution >= 0.6 is 0 Å². The van der Waals surface area contributed by atoms with Crippen LogP contribution in [0.3, 0.4) is 0 Å². The van der Waals surface area contributed by atoms with E-state index >= 15 is 0 Å². The van der Waals surface area contributed by atoms with Gasteiger partial charge in [0.2, 0.25) is 0 Å². The van der Waals surface area contributed by atoms with Crippen LogP contribution in [0.25, 0.3) is 11.1 Å². The number of methoxy groups -OCH3 is 1. The summed E-state index contributed by atoms with van der Waals surface area (Å²) >= 11 is 0. The summed E-state index contributed by atoms with van der Waals surface area (Å²) < 4.78 is 23.9. The van der Waals surface area contributed by atoms with Crippen molar-refractivity contribution < 1.29 is 23.5 Å². The van der Waals surface area contributed by atoms with Crippen LogP contribution in [0.2, 0.25) is 0 Å². The highest BCUT2D eigenvalue weighted by Gasteiger charge is 2.18. The minimum atomic E-state index is -0.311. The zero-order chi connectivity index (χ0) is 26.1. The van der Waals surface area contributed by atoms with Gasteiger partial charge in [0.15, 0.2) is 0 Å². The van der Waals surface area contributed by atoms with Crippen LogP contribution in [0.15, 0.2) is 60.7 Å². The molecule has 3 aromatic rings. The van der Waals surface area contributed by atoms with E-state index < -0.39 is 0 Å². The number of ether oxygens (including phenoxy) is 2. The highest BCUT2D eigenvalue weighted by Crippen LogP contribution is 2.34. The fourth-order valence-electron chi connectivity index (χ4n) is 3.99. The number of carbonyl (C=O) groups is 2. The predicted octanol–water partition coefficient (Wildman–Crippen LogP) is 5.65. The SMILES string of the molecule is CCOC(=O)Cc1ccc(OC)c(-c2ccc(C)cc2CN(CC)C(=O)NCc2ccc(F)cc2)c1. The third-order valence-corrected chi connectivity index (χ3v) is 5.86. The molecule has 1 N–H and O–H groups in total. The summed E-state index contributed by atoms with van der Waals surface area (Å²) in [5, 5.41) is 2.92. The number of aryl methyl sites for hydroxylation is 1. The maximum atomic E-state index is 13.2. The average molecular weight is 493 g/mol. The molecule has 0 spiro atoms. The number of amides is 2. The highest BCUT2D eigenvalue weighted by molar-refractivity contribution is 5.79. The number of rotatable bonds is 10. The van der Waals surface area contributed by atoms with E-state index in [2.05, 4.69) is 11.4 Å². The van der Waals surface area contributed by atoms with E-state index in [9.17, 15) is 14.0 Å². The normalized spacial score (nSPS) is 10.6. The molecular formula is C29H33FN2O4. The third kappa shape index (κ3) is 7.07. The molecule has 6 nitrogen and oxygen atoms in total. The van der Waals surface area contributed by atoms with Gasteiger partial charge >= 0.3 is 12.0 Å². The first-order valence-electron chi connectivity index (χ1n) is 12.0. The molecule has 36 heavy (non-hydrogen) atoms. The number of esters is 1. The van der Waals surface area contributed by atoms with Crippen molar-refractivity contribution in [1.82, 2.24) is 10.2 Å². The molecule has 0 aromatic heterocycles. The molecule has 0 atom stereocenters. The molecule has 0 fully saturated rings. The summed E-state index contributed by atoms with van der Waals surface area (Å²) in [7, 11) is 1.61. The van der Waals surface area contributed by atoms with E-state index in [1.807, 2.05) is 44.2 Å². The van der Waals surface area contributed by atoms with Gasteiger partial charge in [0.25, 0.3) is 0 Å². The largest absolute Gasteiger partial charge is 0.496 e. The van der Waals surface area contributed by atoms with Gasteiger partial charge in [-0.3, -0.25) is 4.79 Å². The third-order valence-electron chi connectivity index (χ3n) is 5.86. The van der Waals surface area contributed by atoms with Gasteiger partial charge in [-0.2, -0.15) is 0 Å². The van der Waals surface area contributed by atoms with Crippen molar-refractivity contribution in [3.8, 4) is 16.9 Å². The Bertz CT molecular complexity index is 1190. The van der Waals surface area contributed by atoms with Crippen molar-refractivity contribution in [2.24, 2.45) is 0 Å². The van der Waals surface area contributed by atoms with Gasteiger partial charge in [-0.25, -0.2) is 9.18 Å². The van der Waals surface area contributed by atoms with Crippen LogP contribution in [0.1, 0.15) is 36.1 Å². The lowest BCUT2D eigenvalue weighted by atomic mass is 9.94. The summed E-state index contributed by atoms with van der Waals surface area (Å²) in [5.74, 6) is 0.0817. The fraction of sp³-hybridized carbons (Fsp3) is 0.310. The molecule has 0 unspecified atom stereocenters. The van der Waals surface area contributed by atoms with Gasteiger partial charge in [0.1, 0.15) is 11.6 Å². The van der Waals surface area contributed by atoms with E-state index in [1.165, 1.54) is 12.1 Å². The molecule has 0 aliphatic carbocycles. The number of nitrogens with one attached hydrogen (secondary N) is 1. The number of benzene rings is 3. The Morgan fingerprint density at radius 2 is 1.67 bits per heavy atom. The molecule has 0 saturated heterocycles. The fourth-order valence-corrected chi connectivity index (χ4v) is 3.99. The maximum absolute atomic E-state index is 13.2. The topological polar surface area (TPSA) is 67.9 Å². The van der Waals surface area contributed by atoms with E-state index in [0.29, 0.717) is 32.0 Å².